The van der Waals surface area contributed by atoms with Crippen LogP contribution in [0.4, 0.5) is 0 Å². The molecule has 1 atom stereocenters. The van der Waals surface area contributed by atoms with E-state index in [1.54, 1.807) is 7.11 Å². The maximum atomic E-state index is 5.16. The fourth-order valence-electron chi connectivity index (χ4n) is 1.58. The van der Waals surface area contributed by atoms with E-state index in [0.717, 1.165) is 5.75 Å². The van der Waals surface area contributed by atoms with E-state index in [4.69, 9.17) is 4.74 Å². The number of fused-ring (bicyclic) bond motifs is 1. The summed E-state index contributed by atoms with van der Waals surface area (Å²) in [6.07, 6.45) is 4.38. The number of hydrogen-bond acceptors (Lipinski definition) is 1. The zero-order valence-electron chi connectivity index (χ0n) is 7.37. The van der Waals surface area contributed by atoms with Crippen LogP contribution in [-0.2, 0) is 0 Å². The summed E-state index contributed by atoms with van der Waals surface area (Å²) in [5.41, 5.74) is 2.69. The van der Waals surface area contributed by atoms with Crippen LogP contribution in [0.15, 0.2) is 24.3 Å². The third-order valence-electron chi connectivity index (χ3n) is 2.35. The van der Waals surface area contributed by atoms with Crippen molar-refractivity contribution in [3.05, 3.63) is 35.4 Å². The van der Waals surface area contributed by atoms with E-state index in [-0.39, 0.29) is 0 Å². The predicted octanol–water partition coefficient (Wildman–Crippen LogP) is 2.83. The summed E-state index contributed by atoms with van der Waals surface area (Å²) in [5.74, 6) is 1.49. The van der Waals surface area contributed by atoms with Crippen molar-refractivity contribution in [2.24, 2.45) is 0 Å². The predicted molar refractivity (Wildman–Crippen MR) is 50.4 cm³/mol. The van der Waals surface area contributed by atoms with Crippen LogP contribution in [0.5, 0.6) is 5.75 Å². The number of ether oxygens (including phenoxy) is 1. The molecule has 1 aromatic carbocycles. The molecule has 0 radical (unpaired) electrons. The first-order valence-electron chi connectivity index (χ1n) is 4.17. The van der Waals surface area contributed by atoms with Crippen molar-refractivity contribution in [2.75, 3.05) is 7.11 Å². The molecule has 0 N–H and O–H groups in total. The van der Waals surface area contributed by atoms with Crippen LogP contribution in [0.25, 0.3) is 6.08 Å². The molecule has 0 saturated carbocycles. The molecule has 0 aromatic heterocycles. The summed E-state index contributed by atoms with van der Waals surface area (Å²) in [6.45, 7) is 2.20. The Kier molecular flexibility index (Phi) is 1.65. The zero-order chi connectivity index (χ0) is 8.55. The highest BCUT2D eigenvalue weighted by Crippen LogP contribution is 2.31. The molecular formula is C11H12O. The second kappa shape index (κ2) is 2.67. The molecule has 0 amide bonds. The summed E-state index contributed by atoms with van der Waals surface area (Å²) in [5, 5.41) is 0. The van der Waals surface area contributed by atoms with Crippen LogP contribution in [0.3, 0.4) is 0 Å². The molecule has 1 aliphatic carbocycles. The average Bonchev–Trinajstić information content (AvgIpc) is 2.47. The van der Waals surface area contributed by atoms with Gasteiger partial charge in [0.05, 0.1) is 7.11 Å². The fraction of sp³-hybridized carbons (Fsp3) is 0.273. The minimum Gasteiger partial charge on any atom is -0.497 e. The first kappa shape index (κ1) is 7.41. The van der Waals surface area contributed by atoms with Gasteiger partial charge in [0.1, 0.15) is 5.75 Å². The van der Waals surface area contributed by atoms with Gasteiger partial charge in [-0.1, -0.05) is 25.1 Å². The number of hydrogen-bond donors (Lipinski definition) is 0. The van der Waals surface area contributed by atoms with Gasteiger partial charge in [0, 0.05) is 5.92 Å². The molecule has 0 spiro atoms. The maximum absolute atomic E-state index is 5.16. The normalized spacial score (nSPS) is 19.3. The van der Waals surface area contributed by atoms with Crippen molar-refractivity contribution in [2.45, 2.75) is 12.8 Å². The van der Waals surface area contributed by atoms with Crippen LogP contribution in [-0.4, -0.2) is 7.11 Å². The van der Waals surface area contributed by atoms with Gasteiger partial charge in [0.15, 0.2) is 0 Å². The Morgan fingerprint density at radius 3 is 2.92 bits per heavy atom. The van der Waals surface area contributed by atoms with E-state index in [1.165, 1.54) is 11.1 Å². The molecule has 1 nitrogen and oxygen atoms in total. The summed E-state index contributed by atoms with van der Waals surface area (Å²) in [6, 6.07) is 6.22. The molecular weight excluding hydrogens is 148 g/mol. The molecule has 0 bridgehead atoms. The van der Waals surface area contributed by atoms with E-state index in [2.05, 4.69) is 31.2 Å². The Balaban J connectivity index is 2.48. The van der Waals surface area contributed by atoms with E-state index >= 15 is 0 Å². The van der Waals surface area contributed by atoms with Crippen molar-refractivity contribution in [1.82, 2.24) is 0 Å². The van der Waals surface area contributed by atoms with Crippen molar-refractivity contribution >= 4 is 6.08 Å². The Bertz CT molecular complexity index is 326. The third-order valence-corrected chi connectivity index (χ3v) is 2.35. The fourth-order valence-corrected chi connectivity index (χ4v) is 1.58. The van der Waals surface area contributed by atoms with E-state index in [0.29, 0.717) is 5.92 Å². The van der Waals surface area contributed by atoms with Gasteiger partial charge in [-0.25, -0.2) is 0 Å². The van der Waals surface area contributed by atoms with Crippen molar-refractivity contribution < 1.29 is 4.74 Å². The molecule has 1 heteroatoms. The second-order valence-electron chi connectivity index (χ2n) is 3.14. The molecule has 0 aliphatic heterocycles. The van der Waals surface area contributed by atoms with Crippen LogP contribution in [0.1, 0.15) is 24.0 Å². The zero-order valence-corrected chi connectivity index (χ0v) is 7.37. The van der Waals surface area contributed by atoms with E-state index in [1.807, 2.05) is 6.07 Å². The van der Waals surface area contributed by atoms with Crippen LogP contribution in [0, 0.1) is 0 Å². The molecule has 0 fully saturated rings. The topological polar surface area (TPSA) is 9.23 Å². The summed E-state index contributed by atoms with van der Waals surface area (Å²) in [7, 11) is 1.70. The van der Waals surface area contributed by atoms with Crippen molar-refractivity contribution in [3.8, 4) is 5.75 Å². The number of allylic oxidation sites excluding steroid dienone is 1. The molecule has 1 aliphatic rings. The quantitative estimate of drug-likeness (QED) is 0.613. The third kappa shape index (κ3) is 1.02. The van der Waals surface area contributed by atoms with Gasteiger partial charge in [0.25, 0.3) is 0 Å². The minimum absolute atomic E-state index is 0.537. The summed E-state index contributed by atoms with van der Waals surface area (Å²) in [4.78, 5) is 0. The largest absolute Gasteiger partial charge is 0.497 e. The Morgan fingerprint density at radius 1 is 1.33 bits per heavy atom. The van der Waals surface area contributed by atoms with Gasteiger partial charge >= 0.3 is 0 Å². The lowest BCUT2D eigenvalue weighted by Gasteiger charge is -2.06. The lowest BCUT2D eigenvalue weighted by molar-refractivity contribution is 0.414. The van der Waals surface area contributed by atoms with Gasteiger partial charge in [-0.15, -0.1) is 0 Å². The van der Waals surface area contributed by atoms with Crippen LogP contribution < -0.4 is 4.74 Å². The monoisotopic (exact) mass is 160 g/mol. The Morgan fingerprint density at radius 2 is 2.17 bits per heavy atom. The van der Waals surface area contributed by atoms with Gasteiger partial charge in [-0.2, -0.15) is 0 Å². The second-order valence-corrected chi connectivity index (χ2v) is 3.14. The van der Waals surface area contributed by atoms with Crippen molar-refractivity contribution in [3.63, 3.8) is 0 Å². The number of rotatable bonds is 1. The smallest absolute Gasteiger partial charge is 0.119 e. The Hall–Kier alpha value is -1.24. The first-order valence-corrected chi connectivity index (χ1v) is 4.17. The van der Waals surface area contributed by atoms with E-state index < -0.39 is 0 Å². The van der Waals surface area contributed by atoms with Crippen LogP contribution in [0.2, 0.25) is 0 Å². The molecule has 1 aromatic rings. The first-order chi connectivity index (χ1) is 5.81. The lowest BCUT2D eigenvalue weighted by Crippen LogP contribution is -1.89. The molecule has 12 heavy (non-hydrogen) atoms. The van der Waals surface area contributed by atoms with Crippen LogP contribution >= 0.6 is 0 Å². The van der Waals surface area contributed by atoms with Gasteiger partial charge in [-0.3, -0.25) is 0 Å². The maximum Gasteiger partial charge on any atom is 0.119 e. The molecule has 0 saturated heterocycles. The van der Waals surface area contributed by atoms with E-state index in [9.17, 15) is 0 Å². The SMILES string of the molecule is COc1ccc2c(c1)C(C)C=C2. The molecule has 2 rings (SSSR count). The van der Waals surface area contributed by atoms with Gasteiger partial charge in [-0.05, 0) is 23.3 Å². The molecule has 62 valence electrons. The Labute approximate surface area is 72.7 Å². The lowest BCUT2D eigenvalue weighted by atomic mass is 10.0. The van der Waals surface area contributed by atoms with Gasteiger partial charge < -0.3 is 4.74 Å². The standard InChI is InChI=1S/C11H12O/c1-8-3-4-9-5-6-10(12-2)7-11(8)9/h3-8H,1-2H3. The highest BCUT2D eigenvalue weighted by atomic mass is 16.5. The highest BCUT2D eigenvalue weighted by molar-refractivity contribution is 5.63. The number of methoxy groups -OCH3 is 1. The van der Waals surface area contributed by atoms with Gasteiger partial charge in [0.2, 0.25) is 0 Å². The number of benzene rings is 1. The highest BCUT2D eigenvalue weighted by Gasteiger charge is 2.12. The summed E-state index contributed by atoms with van der Waals surface area (Å²) < 4.78 is 5.16. The van der Waals surface area contributed by atoms with Crippen molar-refractivity contribution in [1.29, 1.82) is 0 Å². The summed E-state index contributed by atoms with van der Waals surface area (Å²) >= 11 is 0. The average molecular weight is 160 g/mol. The molecule has 1 unspecified atom stereocenters. The minimum atomic E-state index is 0.537. The molecule has 0 heterocycles.